The molecule has 1 heterocycles. The van der Waals surface area contributed by atoms with E-state index in [-0.39, 0.29) is 0 Å². The second-order valence-electron chi connectivity index (χ2n) is 4.52. The van der Waals surface area contributed by atoms with Gasteiger partial charge >= 0.3 is 0 Å². The highest BCUT2D eigenvalue weighted by Crippen LogP contribution is 2.09. The summed E-state index contributed by atoms with van der Waals surface area (Å²) in [5, 5.41) is 3.57. The molecule has 0 spiro atoms. The van der Waals surface area contributed by atoms with Gasteiger partial charge in [0, 0.05) is 54.5 Å². The zero-order valence-corrected chi connectivity index (χ0v) is 11.0. The average Bonchev–Trinajstić information content (AvgIpc) is 2.19. The summed E-state index contributed by atoms with van der Waals surface area (Å²) >= 11 is 0. The Bertz CT molecular complexity index is 211. The van der Waals surface area contributed by atoms with Crippen molar-refractivity contribution in [2.75, 3.05) is 31.6 Å². The maximum Gasteiger partial charge on any atom is 0.0359 e. The molecule has 0 aromatic carbocycles. The van der Waals surface area contributed by atoms with Crippen LogP contribution in [0.25, 0.3) is 0 Å². The van der Waals surface area contributed by atoms with E-state index in [0.29, 0.717) is 12.1 Å². The van der Waals surface area contributed by atoms with Gasteiger partial charge in [0.05, 0.1) is 0 Å². The summed E-state index contributed by atoms with van der Waals surface area (Å²) in [6.07, 6.45) is 4.27. The molecular formula is C11H24N2OS. The van der Waals surface area contributed by atoms with Crippen molar-refractivity contribution in [1.29, 1.82) is 0 Å². The quantitative estimate of drug-likeness (QED) is 0.762. The van der Waals surface area contributed by atoms with Crippen LogP contribution < -0.4 is 5.32 Å². The largest absolute Gasteiger partial charge is 0.311 e. The highest BCUT2D eigenvalue weighted by molar-refractivity contribution is 7.84. The molecule has 1 aliphatic rings. The molecule has 0 aromatic rings. The first-order chi connectivity index (χ1) is 7.13. The molecule has 0 aliphatic carbocycles. The van der Waals surface area contributed by atoms with Crippen LogP contribution in [0.15, 0.2) is 0 Å². The summed E-state index contributed by atoms with van der Waals surface area (Å²) in [7, 11) is -0.659. The fraction of sp³-hybridized carbons (Fsp3) is 1.00. The van der Waals surface area contributed by atoms with Crippen molar-refractivity contribution in [3.63, 3.8) is 0 Å². The molecule has 1 saturated heterocycles. The van der Waals surface area contributed by atoms with Crippen LogP contribution in [-0.2, 0) is 10.8 Å². The first-order valence-corrected chi connectivity index (χ1v) is 7.63. The van der Waals surface area contributed by atoms with Crippen LogP contribution in [0.4, 0.5) is 0 Å². The summed E-state index contributed by atoms with van der Waals surface area (Å²) in [5.41, 5.74) is 0. The van der Waals surface area contributed by atoms with Crippen LogP contribution in [0.3, 0.4) is 0 Å². The standard InChI is InChI=1S/C11H24N2OS/c1-4-5-11-9-13(6-7-15(3)14)10(2)8-12-11/h10-12H,4-9H2,1-3H3. The van der Waals surface area contributed by atoms with E-state index in [9.17, 15) is 4.21 Å². The van der Waals surface area contributed by atoms with Crippen molar-refractivity contribution in [2.24, 2.45) is 0 Å². The van der Waals surface area contributed by atoms with Gasteiger partial charge in [-0.3, -0.25) is 9.11 Å². The highest BCUT2D eigenvalue weighted by atomic mass is 32.2. The molecular weight excluding hydrogens is 208 g/mol. The fourth-order valence-electron chi connectivity index (χ4n) is 2.09. The SMILES string of the molecule is CCCC1CN(CCS(C)=O)C(C)CN1. The predicted octanol–water partition coefficient (Wildman–Crippen LogP) is 0.827. The van der Waals surface area contributed by atoms with E-state index in [1.165, 1.54) is 12.8 Å². The Kier molecular flexibility index (Phi) is 5.79. The summed E-state index contributed by atoms with van der Waals surface area (Å²) in [5.74, 6) is 0.809. The molecule has 0 bridgehead atoms. The molecule has 0 saturated carbocycles. The Morgan fingerprint density at radius 1 is 1.53 bits per heavy atom. The van der Waals surface area contributed by atoms with Crippen LogP contribution in [0.5, 0.6) is 0 Å². The van der Waals surface area contributed by atoms with Gasteiger partial charge in [0.25, 0.3) is 0 Å². The molecule has 1 rings (SSSR count). The van der Waals surface area contributed by atoms with E-state index in [2.05, 4.69) is 24.1 Å². The van der Waals surface area contributed by atoms with E-state index >= 15 is 0 Å². The fourth-order valence-corrected chi connectivity index (χ4v) is 2.58. The van der Waals surface area contributed by atoms with Gasteiger partial charge in [-0.25, -0.2) is 0 Å². The minimum Gasteiger partial charge on any atom is -0.311 e. The van der Waals surface area contributed by atoms with Crippen LogP contribution in [0.1, 0.15) is 26.7 Å². The van der Waals surface area contributed by atoms with Crippen LogP contribution in [-0.4, -0.2) is 52.8 Å². The Morgan fingerprint density at radius 3 is 2.87 bits per heavy atom. The van der Waals surface area contributed by atoms with Gasteiger partial charge in [-0.1, -0.05) is 13.3 Å². The maximum atomic E-state index is 11.1. The average molecular weight is 232 g/mol. The topological polar surface area (TPSA) is 32.3 Å². The third-order valence-corrected chi connectivity index (χ3v) is 3.84. The number of piperazine rings is 1. The number of hydrogen-bond acceptors (Lipinski definition) is 3. The maximum absolute atomic E-state index is 11.1. The van der Waals surface area contributed by atoms with Crippen molar-refractivity contribution < 1.29 is 4.21 Å². The molecule has 4 heteroatoms. The zero-order valence-electron chi connectivity index (χ0n) is 10.2. The Balaban J connectivity index is 2.35. The monoisotopic (exact) mass is 232 g/mol. The molecule has 90 valence electrons. The number of hydrogen-bond donors (Lipinski definition) is 1. The van der Waals surface area contributed by atoms with Gasteiger partial charge in [0.15, 0.2) is 0 Å². The predicted molar refractivity (Wildman–Crippen MR) is 66.7 cm³/mol. The lowest BCUT2D eigenvalue weighted by atomic mass is 10.1. The normalized spacial score (nSPS) is 30.3. The summed E-state index contributed by atoms with van der Waals surface area (Å²) in [4.78, 5) is 2.47. The third-order valence-electron chi connectivity index (χ3n) is 3.08. The molecule has 15 heavy (non-hydrogen) atoms. The molecule has 0 amide bonds. The molecule has 3 unspecified atom stereocenters. The number of nitrogens with one attached hydrogen (secondary N) is 1. The van der Waals surface area contributed by atoms with Gasteiger partial charge in [-0.05, 0) is 13.3 Å². The van der Waals surface area contributed by atoms with Gasteiger partial charge in [-0.15, -0.1) is 0 Å². The van der Waals surface area contributed by atoms with Crippen LogP contribution in [0, 0.1) is 0 Å². The second kappa shape index (κ2) is 6.61. The van der Waals surface area contributed by atoms with E-state index in [0.717, 1.165) is 25.4 Å². The van der Waals surface area contributed by atoms with Crippen molar-refractivity contribution in [3.05, 3.63) is 0 Å². The molecule has 0 radical (unpaired) electrons. The summed E-state index contributed by atoms with van der Waals surface area (Å²) in [6, 6.07) is 1.22. The summed E-state index contributed by atoms with van der Waals surface area (Å²) in [6.45, 7) is 7.64. The second-order valence-corrected chi connectivity index (χ2v) is 6.07. The zero-order chi connectivity index (χ0) is 11.3. The van der Waals surface area contributed by atoms with Crippen molar-refractivity contribution in [1.82, 2.24) is 10.2 Å². The Hall–Kier alpha value is 0.0700. The minimum atomic E-state index is -0.659. The van der Waals surface area contributed by atoms with E-state index in [4.69, 9.17) is 0 Å². The molecule has 1 aliphatic heterocycles. The molecule has 0 aromatic heterocycles. The minimum absolute atomic E-state index is 0.585. The van der Waals surface area contributed by atoms with E-state index < -0.39 is 10.8 Å². The lowest BCUT2D eigenvalue weighted by molar-refractivity contribution is 0.145. The van der Waals surface area contributed by atoms with Gasteiger partial charge in [0.2, 0.25) is 0 Å². The first-order valence-electron chi connectivity index (χ1n) is 5.91. The number of nitrogens with zero attached hydrogens (tertiary/aromatic N) is 1. The Labute approximate surface area is 96.1 Å². The number of rotatable bonds is 5. The molecule has 3 atom stereocenters. The first kappa shape index (κ1) is 13.1. The van der Waals surface area contributed by atoms with Crippen LogP contribution >= 0.6 is 0 Å². The molecule has 3 nitrogen and oxygen atoms in total. The lowest BCUT2D eigenvalue weighted by Gasteiger charge is -2.38. The molecule has 1 N–H and O–H groups in total. The Morgan fingerprint density at radius 2 is 2.27 bits per heavy atom. The van der Waals surface area contributed by atoms with Gasteiger partial charge in [-0.2, -0.15) is 0 Å². The van der Waals surface area contributed by atoms with E-state index in [1.54, 1.807) is 6.26 Å². The van der Waals surface area contributed by atoms with Crippen molar-refractivity contribution in [2.45, 2.75) is 38.8 Å². The lowest BCUT2D eigenvalue weighted by Crippen LogP contribution is -2.56. The molecule has 1 fully saturated rings. The van der Waals surface area contributed by atoms with Gasteiger partial charge in [0.1, 0.15) is 0 Å². The van der Waals surface area contributed by atoms with Gasteiger partial charge < -0.3 is 5.32 Å². The summed E-state index contributed by atoms with van der Waals surface area (Å²) < 4.78 is 11.1. The smallest absolute Gasteiger partial charge is 0.0359 e. The van der Waals surface area contributed by atoms with Crippen molar-refractivity contribution >= 4 is 10.8 Å². The van der Waals surface area contributed by atoms with Crippen LogP contribution in [0.2, 0.25) is 0 Å². The third kappa shape index (κ3) is 4.62. The van der Waals surface area contributed by atoms with E-state index in [1.807, 2.05) is 0 Å². The highest BCUT2D eigenvalue weighted by Gasteiger charge is 2.23. The van der Waals surface area contributed by atoms with Crippen molar-refractivity contribution in [3.8, 4) is 0 Å².